The lowest BCUT2D eigenvalue weighted by molar-refractivity contribution is 0.138. The van der Waals surface area contributed by atoms with Gasteiger partial charge in [-0.2, -0.15) is 0 Å². The van der Waals surface area contributed by atoms with Crippen molar-refractivity contribution in [1.29, 1.82) is 0 Å². The monoisotopic (exact) mass is 301 g/mol. The van der Waals surface area contributed by atoms with Gasteiger partial charge < -0.3 is 10.1 Å². The molecule has 0 bridgehead atoms. The number of ether oxygens (including phenoxy) is 1. The zero-order valence-corrected chi connectivity index (χ0v) is 14.0. The summed E-state index contributed by atoms with van der Waals surface area (Å²) < 4.78 is 5.98. The molecule has 3 heteroatoms. The molecule has 2 aromatic rings. The number of hydrogen-bond donors (Lipinski definition) is 1. The van der Waals surface area contributed by atoms with E-state index in [1.807, 2.05) is 11.3 Å². The number of rotatable bonds is 4. The number of benzene rings is 1. The van der Waals surface area contributed by atoms with Crippen LogP contribution in [0.25, 0.3) is 0 Å². The lowest BCUT2D eigenvalue weighted by Gasteiger charge is -2.18. The van der Waals surface area contributed by atoms with Crippen LogP contribution >= 0.6 is 11.3 Å². The van der Waals surface area contributed by atoms with Gasteiger partial charge in [-0.25, -0.2) is 0 Å². The van der Waals surface area contributed by atoms with E-state index >= 15 is 0 Å². The predicted octanol–water partition coefficient (Wildman–Crippen LogP) is 4.47. The van der Waals surface area contributed by atoms with E-state index in [2.05, 4.69) is 63.3 Å². The Morgan fingerprint density at radius 3 is 2.76 bits per heavy atom. The Morgan fingerprint density at radius 2 is 2.10 bits per heavy atom. The highest BCUT2D eigenvalue weighted by molar-refractivity contribution is 7.12. The molecular formula is C18H23NOS. The smallest absolute Gasteiger partial charge is 0.123 e. The topological polar surface area (TPSA) is 21.3 Å². The molecule has 1 unspecified atom stereocenters. The molecule has 0 saturated heterocycles. The van der Waals surface area contributed by atoms with Gasteiger partial charge in [0.2, 0.25) is 0 Å². The fourth-order valence-electron chi connectivity index (χ4n) is 3.00. The molecule has 0 saturated carbocycles. The van der Waals surface area contributed by atoms with Crippen LogP contribution in [0.4, 0.5) is 0 Å². The van der Waals surface area contributed by atoms with E-state index in [4.69, 9.17) is 4.74 Å². The summed E-state index contributed by atoms with van der Waals surface area (Å²) in [6.45, 7) is 9.58. The van der Waals surface area contributed by atoms with Crippen molar-refractivity contribution in [2.45, 2.75) is 45.8 Å². The van der Waals surface area contributed by atoms with Gasteiger partial charge in [0, 0.05) is 16.2 Å². The minimum atomic E-state index is -0.0752. The summed E-state index contributed by atoms with van der Waals surface area (Å²) in [5.41, 5.74) is 2.58. The fraction of sp³-hybridized carbons (Fsp3) is 0.444. The first-order valence-corrected chi connectivity index (χ1v) is 8.42. The standard InChI is InChI=1S/C18H23NOS/c1-5-19-17(16-9-6-12(2)21-16)13-7-8-15-14(10-13)11-18(3,4)20-15/h6-10,17,19H,5,11H2,1-4H3. The summed E-state index contributed by atoms with van der Waals surface area (Å²) in [5.74, 6) is 1.04. The molecule has 1 N–H and O–H groups in total. The molecule has 0 radical (unpaired) electrons. The van der Waals surface area contributed by atoms with Crippen molar-refractivity contribution in [2.75, 3.05) is 6.54 Å². The summed E-state index contributed by atoms with van der Waals surface area (Å²) in [5, 5.41) is 3.61. The van der Waals surface area contributed by atoms with Crippen LogP contribution in [0.5, 0.6) is 5.75 Å². The highest BCUT2D eigenvalue weighted by Crippen LogP contribution is 2.37. The molecule has 1 aromatic carbocycles. The minimum Gasteiger partial charge on any atom is -0.487 e. The minimum absolute atomic E-state index is 0.0752. The number of nitrogens with one attached hydrogen (secondary N) is 1. The highest BCUT2D eigenvalue weighted by Gasteiger charge is 2.30. The molecule has 21 heavy (non-hydrogen) atoms. The van der Waals surface area contributed by atoms with Crippen LogP contribution in [0.2, 0.25) is 0 Å². The molecule has 0 aliphatic carbocycles. The quantitative estimate of drug-likeness (QED) is 0.899. The summed E-state index contributed by atoms with van der Waals surface area (Å²) in [7, 11) is 0. The lowest BCUT2D eigenvalue weighted by Crippen LogP contribution is -2.24. The summed E-state index contributed by atoms with van der Waals surface area (Å²) >= 11 is 1.87. The normalized spacial score (nSPS) is 17.3. The average molecular weight is 301 g/mol. The van der Waals surface area contributed by atoms with Crippen molar-refractivity contribution < 1.29 is 4.74 Å². The van der Waals surface area contributed by atoms with Gasteiger partial charge in [0.15, 0.2) is 0 Å². The Labute approximate surface area is 131 Å². The first kappa shape index (κ1) is 14.6. The maximum atomic E-state index is 5.98. The summed E-state index contributed by atoms with van der Waals surface area (Å²) in [4.78, 5) is 2.74. The van der Waals surface area contributed by atoms with Crippen molar-refractivity contribution in [3.05, 3.63) is 51.2 Å². The molecule has 1 atom stereocenters. The molecule has 3 rings (SSSR count). The largest absolute Gasteiger partial charge is 0.487 e. The molecule has 0 spiro atoms. The molecule has 1 aliphatic heterocycles. The first-order chi connectivity index (χ1) is 9.98. The maximum Gasteiger partial charge on any atom is 0.123 e. The molecule has 1 aliphatic rings. The van der Waals surface area contributed by atoms with E-state index in [0.29, 0.717) is 0 Å². The van der Waals surface area contributed by atoms with E-state index in [9.17, 15) is 0 Å². The zero-order valence-electron chi connectivity index (χ0n) is 13.2. The third kappa shape index (κ3) is 2.99. The molecule has 2 heterocycles. The predicted molar refractivity (Wildman–Crippen MR) is 89.4 cm³/mol. The molecular weight excluding hydrogens is 278 g/mol. The molecule has 0 amide bonds. The van der Waals surface area contributed by atoms with Crippen LogP contribution in [0.1, 0.15) is 47.7 Å². The van der Waals surface area contributed by atoms with Gasteiger partial charge in [0.25, 0.3) is 0 Å². The van der Waals surface area contributed by atoms with Gasteiger partial charge in [0.05, 0.1) is 6.04 Å². The average Bonchev–Trinajstić information content (AvgIpc) is 2.96. The van der Waals surface area contributed by atoms with Crippen LogP contribution in [-0.2, 0) is 6.42 Å². The van der Waals surface area contributed by atoms with E-state index < -0.39 is 0 Å². The van der Waals surface area contributed by atoms with Crippen molar-refractivity contribution in [3.63, 3.8) is 0 Å². The van der Waals surface area contributed by atoms with Gasteiger partial charge in [-0.15, -0.1) is 11.3 Å². The van der Waals surface area contributed by atoms with E-state index in [0.717, 1.165) is 18.7 Å². The Kier molecular flexibility index (Phi) is 3.80. The number of thiophene rings is 1. The van der Waals surface area contributed by atoms with Crippen molar-refractivity contribution in [3.8, 4) is 5.75 Å². The van der Waals surface area contributed by atoms with Crippen LogP contribution in [0.15, 0.2) is 30.3 Å². The zero-order chi connectivity index (χ0) is 15.0. The number of hydrogen-bond acceptors (Lipinski definition) is 3. The SMILES string of the molecule is CCNC(c1ccc2c(c1)CC(C)(C)O2)c1ccc(C)s1. The van der Waals surface area contributed by atoms with Gasteiger partial charge in [0.1, 0.15) is 11.4 Å². The summed E-state index contributed by atoms with van der Waals surface area (Å²) in [6, 6.07) is 11.4. The van der Waals surface area contributed by atoms with Gasteiger partial charge in [-0.1, -0.05) is 19.1 Å². The van der Waals surface area contributed by atoms with Crippen LogP contribution < -0.4 is 10.1 Å². The first-order valence-electron chi connectivity index (χ1n) is 7.60. The third-order valence-electron chi connectivity index (χ3n) is 3.87. The Hall–Kier alpha value is -1.32. The Balaban J connectivity index is 1.95. The second-order valence-electron chi connectivity index (χ2n) is 6.34. The van der Waals surface area contributed by atoms with E-state index in [1.165, 1.54) is 20.9 Å². The van der Waals surface area contributed by atoms with Crippen LogP contribution in [-0.4, -0.2) is 12.1 Å². The van der Waals surface area contributed by atoms with Crippen LogP contribution in [0.3, 0.4) is 0 Å². The lowest BCUT2D eigenvalue weighted by atomic mass is 9.97. The fourth-order valence-corrected chi connectivity index (χ4v) is 3.99. The van der Waals surface area contributed by atoms with Crippen molar-refractivity contribution >= 4 is 11.3 Å². The van der Waals surface area contributed by atoms with Crippen molar-refractivity contribution in [1.82, 2.24) is 5.32 Å². The summed E-state index contributed by atoms with van der Waals surface area (Å²) in [6.07, 6.45) is 0.985. The van der Waals surface area contributed by atoms with Crippen molar-refractivity contribution in [2.24, 2.45) is 0 Å². The van der Waals surface area contributed by atoms with E-state index in [-0.39, 0.29) is 11.6 Å². The van der Waals surface area contributed by atoms with Gasteiger partial charge in [-0.05, 0) is 56.6 Å². The second-order valence-corrected chi connectivity index (χ2v) is 7.66. The highest BCUT2D eigenvalue weighted by atomic mass is 32.1. The van der Waals surface area contributed by atoms with E-state index in [1.54, 1.807) is 0 Å². The molecule has 112 valence electrons. The number of fused-ring (bicyclic) bond motifs is 1. The van der Waals surface area contributed by atoms with Crippen LogP contribution in [0, 0.1) is 6.92 Å². The molecule has 0 fully saturated rings. The van der Waals surface area contributed by atoms with Gasteiger partial charge in [-0.3, -0.25) is 0 Å². The maximum absolute atomic E-state index is 5.98. The number of aryl methyl sites for hydroxylation is 1. The Bertz CT molecular complexity index is 644. The van der Waals surface area contributed by atoms with Gasteiger partial charge >= 0.3 is 0 Å². The third-order valence-corrected chi connectivity index (χ3v) is 4.94. The molecule has 1 aromatic heterocycles. The Morgan fingerprint density at radius 1 is 1.29 bits per heavy atom. The molecule has 2 nitrogen and oxygen atoms in total. The second kappa shape index (κ2) is 5.47.